The van der Waals surface area contributed by atoms with Crippen molar-refractivity contribution in [2.24, 2.45) is 0 Å². The molecule has 0 aliphatic carbocycles. The summed E-state index contributed by atoms with van der Waals surface area (Å²) >= 11 is 0. The van der Waals surface area contributed by atoms with E-state index in [4.69, 9.17) is 0 Å². The van der Waals surface area contributed by atoms with Gasteiger partial charge in [-0.3, -0.25) is 0 Å². The minimum atomic E-state index is -0.129. The molecule has 3 nitrogen and oxygen atoms in total. The van der Waals surface area contributed by atoms with Crippen molar-refractivity contribution in [2.45, 2.75) is 13.5 Å². The SMILES string of the molecule is CCNC(=O)NCc1cc[c]cc1. The van der Waals surface area contributed by atoms with Crippen LogP contribution in [0.2, 0.25) is 0 Å². The molecule has 1 radical (unpaired) electrons. The molecule has 0 aliphatic heterocycles. The maximum atomic E-state index is 11.0. The highest BCUT2D eigenvalue weighted by Gasteiger charge is 1.96. The molecule has 0 fully saturated rings. The van der Waals surface area contributed by atoms with E-state index in [0.717, 1.165) is 5.56 Å². The van der Waals surface area contributed by atoms with Crippen LogP contribution in [0.3, 0.4) is 0 Å². The Morgan fingerprint density at radius 1 is 1.38 bits per heavy atom. The third-order valence-electron chi connectivity index (χ3n) is 1.58. The Labute approximate surface area is 78.2 Å². The van der Waals surface area contributed by atoms with E-state index in [0.29, 0.717) is 13.1 Å². The molecule has 69 valence electrons. The van der Waals surface area contributed by atoms with Crippen molar-refractivity contribution < 1.29 is 4.79 Å². The summed E-state index contributed by atoms with van der Waals surface area (Å²) in [5, 5.41) is 5.39. The van der Waals surface area contributed by atoms with Crippen molar-refractivity contribution in [1.82, 2.24) is 10.6 Å². The molecule has 0 aliphatic rings. The van der Waals surface area contributed by atoms with Gasteiger partial charge in [-0.2, -0.15) is 0 Å². The van der Waals surface area contributed by atoms with E-state index in [2.05, 4.69) is 16.7 Å². The first kappa shape index (κ1) is 9.58. The van der Waals surface area contributed by atoms with E-state index in [-0.39, 0.29) is 6.03 Å². The van der Waals surface area contributed by atoms with Gasteiger partial charge in [0.15, 0.2) is 0 Å². The van der Waals surface area contributed by atoms with Gasteiger partial charge in [-0.1, -0.05) is 24.3 Å². The Morgan fingerprint density at radius 2 is 2.08 bits per heavy atom. The van der Waals surface area contributed by atoms with Gasteiger partial charge in [0.2, 0.25) is 0 Å². The number of benzene rings is 1. The number of hydrogen-bond acceptors (Lipinski definition) is 1. The first-order chi connectivity index (χ1) is 6.33. The van der Waals surface area contributed by atoms with Crippen molar-refractivity contribution in [3.8, 4) is 0 Å². The molecule has 0 heterocycles. The Morgan fingerprint density at radius 3 is 2.69 bits per heavy atom. The van der Waals surface area contributed by atoms with E-state index in [1.807, 2.05) is 31.2 Å². The van der Waals surface area contributed by atoms with Crippen molar-refractivity contribution in [1.29, 1.82) is 0 Å². The van der Waals surface area contributed by atoms with Crippen LogP contribution in [0.5, 0.6) is 0 Å². The van der Waals surface area contributed by atoms with Gasteiger partial charge >= 0.3 is 6.03 Å². The van der Waals surface area contributed by atoms with E-state index < -0.39 is 0 Å². The molecule has 0 saturated carbocycles. The summed E-state index contributed by atoms with van der Waals surface area (Å²) in [6, 6.07) is 10.3. The molecule has 2 N–H and O–H groups in total. The largest absolute Gasteiger partial charge is 0.338 e. The molecule has 1 aromatic rings. The Kier molecular flexibility index (Phi) is 3.82. The fourth-order valence-corrected chi connectivity index (χ4v) is 0.945. The smallest absolute Gasteiger partial charge is 0.315 e. The van der Waals surface area contributed by atoms with Gasteiger partial charge in [0.1, 0.15) is 0 Å². The summed E-state index contributed by atoms with van der Waals surface area (Å²) in [4.78, 5) is 11.0. The van der Waals surface area contributed by atoms with Crippen molar-refractivity contribution in [3.63, 3.8) is 0 Å². The van der Waals surface area contributed by atoms with Crippen molar-refractivity contribution in [2.75, 3.05) is 6.54 Å². The fourth-order valence-electron chi connectivity index (χ4n) is 0.945. The third-order valence-corrected chi connectivity index (χ3v) is 1.58. The van der Waals surface area contributed by atoms with Crippen LogP contribution in [0.1, 0.15) is 12.5 Å². The van der Waals surface area contributed by atoms with E-state index >= 15 is 0 Å². The summed E-state index contributed by atoms with van der Waals surface area (Å²) < 4.78 is 0. The molecule has 2 amide bonds. The van der Waals surface area contributed by atoms with Gasteiger partial charge in [0.25, 0.3) is 0 Å². The number of carbonyl (C=O) groups excluding carboxylic acids is 1. The second-order valence-corrected chi connectivity index (χ2v) is 2.62. The van der Waals surface area contributed by atoms with Crippen LogP contribution in [0.4, 0.5) is 4.79 Å². The molecule has 3 heteroatoms. The molecule has 0 unspecified atom stereocenters. The molecular formula is C10H13N2O. The molecule has 13 heavy (non-hydrogen) atoms. The van der Waals surface area contributed by atoms with Gasteiger partial charge in [0.05, 0.1) is 0 Å². The Hall–Kier alpha value is -1.51. The maximum Gasteiger partial charge on any atom is 0.315 e. The number of hydrogen-bond donors (Lipinski definition) is 2. The monoisotopic (exact) mass is 177 g/mol. The zero-order valence-corrected chi connectivity index (χ0v) is 7.63. The van der Waals surface area contributed by atoms with Crippen molar-refractivity contribution in [3.05, 3.63) is 35.9 Å². The highest BCUT2D eigenvalue weighted by molar-refractivity contribution is 5.73. The molecule has 0 spiro atoms. The van der Waals surface area contributed by atoms with Crippen LogP contribution >= 0.6 is 0 Å². The van der Waals surface area contributed by atoms with Gasteiger partial charge in [-0.05, 0) is 18.6 Å². The summed E-state index contributed by atoms with van der Waals surface area (Å²) in [6.45, 7) is 3.09. The zero-order chi connectivity index (χ0) is 9.52. The lowest BCUT2D eigenvalue weighted by atomic mass is 10.2. The normalized spacial score (nSPS) is 9.31. The number of amides is 2. The van der Waals surface area contributed by atoms with E-state index in [1.54, 1.807) is 0 Å². The lowest BCUT2D eigenvalue weighted by Gasteiger charge is -2.04. The molecule has 0 atom stereocenters. The van der Waals surface area contributed by atoms with Crippen LogP contribution in [0.25, 0.3) is 0 Å². The van der Waals surface area contributed by atoms with E-state index in [1.165, 1.54) is 0 Å². The number of urea groups is 1. The topological polar surface area (TPSA) is 41.1 Å². The van der Waals surface area contributed by atoms with Gasteiger partial charge < -0.3 is 10.6 Å². The highest BCUT2D eigenvalue weighted by atomic mass is 16.2. The second kappa shape index (κ2) is 5.19. The average Bonchev–Trinajstić information content (AvgIpc) is 2.17. The van der Waals surface area contributed by atoms with Crippen LogP contribution < -0.4 is 10.6 Å². The van der Waals surface area contributed by atoms with Crippen LogP contribution in [0.15, 0.2) is 24.3 Å². The quantitative estimate of drug-likeness (QED) is 0.718. The lowest BCUT2D eigenvalue weighted by molar-refractivity contribution is 0.241. The van der Waals surface area contributed by atoms with Crippen molar-refractivity contribution >= 4 is 6.03 Å². The lowest BCUT2D eigenvalue weighted by Crippen LogP contribution is -2.34. The number of carbonyl (C=O) groups is 1. The predicted molar refractivity (Wildman–Crippen MR) is 51.2 cm³/mol. The van der Waals surface area contributed by atoms with Gasteiger partial charge in [0, 0.05) is 13.1 Å². The number of rotatable bonds is 3. The summed E-state index contributed by atoms with van der Waals surface area (Å²) in [6.07, 6.45) is 0. The molecule has 1 aromatic carbocycles. The van der Waals surface area contributed by atoms with Crippen LogP contribution in [-0.4, -0.2) is 12.6 Å². The molecule has 0 bridgehead atoms. The van der Waals surface area contributed by atoms with E-state index in [9.17, 15) is 4.79 Å². The Bertz CT molecular complexity index is 259. The minimum absolute atomic E-state index is 0.129. The summed E-state index contributed by atoms with van der Waals surface area (Å²) in [7, 11) is 0. The van der Waals surface area contributed by atoms with Crippen LogP contribution in [0, 0.1) is 6.07 Å². The highest BCUT2D eigenvalue weighted by Crippen LogP contribution is 1.95. The zero-order valence-electron chi connectivity index (χ0n) is 7.63. The molecule has 0 saturated heterocycles. The average molecular weight is 177 g/mol. The summed E-state index contributed by atoms with van der Waals surface area (Å²) in [5.74, 6) is 0. The summed E-state index contributed by atoms with van der Waals surface area (Å²) in [5.41, 5.74) is 1.07. The molecule has 1 rings (SSSR count). The van der Waals surface area contributed by atoms with Gasteiger partial charge in [-0.15, -0.1) is 0 Å². The third kappa shape index (κ3) is 3.60. The standard InChI is InChI=1S/C10H13N2O/c1-2-11-10(13)12-8-9-6-4-3-5-7-9/h4-7H,2,8H2,1H3,(H2,11,12,13). The predicted octanol–water partition coefficient (Wildman–Crippen LogP) is 1.31. The molecular weight excluding hydrogens is 164 g/mol. The fraction of sp³-hybridized carbons (Fsp3) is 0.300. The maximum absolute atomic E-state index is 11.0. The first-order valence-electron chi connectivity index (χ1n) is 4.29. The van der Waals surface area contributed by atoms with Crippen LogP contribution in [-0.2, 0) is 6.54 Å². The minimum Gasteiger partial charge on any atom is -0.338 e. The molecule has 0 aromatic heterocycles. The Balaban J connectivity index is 2.31. The van der Waals surface area contributed by atoms with Gasteiger partial charge in [-0.25, -0.2) is 4.79 Å². The number of nitrogens with one attached hydrogen (secondary N) is 2. The first-order valence-corrected chi connectivity index (χ1v) is 4.29. The second-order valence-electron chi connectivity index (χ2n) is 2.62.